The molecule has 2 aromatic carbocycles. The van der Waals surface area contributed by atoms with E-state index in [1.165, 1.54) is 0 Å². The largest absolute Gasteiger partial charge is 0.373 e. The maximum atomic E-state index is 5.97. The van der Waals surface area contributed by atoms with Gasteiger partial charge in [-0.15, -0.1) is 5.10 Å². The van der Waals surface area contributed by atoms with E-state index in [4.69, 9.17) is 11.6 Å². The molecule has 0 unspecified atom stereocenters. The van der Waals surface area contributed by atoms with Crippen LogP contribution in [0.3, 0.4) is 0 Å². The Morgan fingerprint density at radius 1 is 1.12 bits per heavy atom. The standard InChI is InChI=1S/C18H20ClN5/c1-4-18(3,20-15-11-9-14(19)10-12-15)17-21-22-23-24(17)16-8-6-5-7-13(16)2/h5-12,20H,4H2,1-3H3/t18-/m0/s1. The van der Waals surface area contributed by atoms with Crippen LogP contribution in [0.15, 0.2) is 48.5 Å². The number of aromatic nitrogens is 4. The molecular formula is C18H20ClN5. The van der Waals surface area contributed by atoms with E-state index in [1.54, 1.807) is 0 Å². The molecule has 0 saturated heterocycles. The Labute approximate surface area is 146 Å². The van der Waals surface area contributed by atoms with Crippen molar-refractivity contribution in [2.75, 3.05) is 5.32 Å². The number of halogens is 1. The van der Waals surface area contributed by atoms with Gasteiger partial charge in [0.15, 0.2) is 5.82 Å². The number of rotatable bonds is 5. The summed E-state index contributed by atoms with van der Waals surface area (Å²) in [4.78, 5) is 0. The summed E-state index contributed by atoms with van der Waals surface area (Å²) in [6.45, 7) is 6.26. The molecule has 1 atom stereocenters. The van der Waals surface area contributed by atoms with Gasteiger partial charge in [-0.1, -0.05) is 36.7 Å². The summed E-state index contributed by atoms with van der Waals surface area (Å²) in [5.74, 6) is 0.772. The SMILES string of the molecule is CC[C@](C)(Nc1ccc(Cl)cc1)c1nnnn1-c1ccccc1C. The van der Waals surface area contributed by atoms with E-state index in [0.717, 1.165) is 29.2 Å². The number of aryl methyl sites for hydroxylation is 1. The van der Waals surface area contributed by atoms with Crippen molar-refractivity contribution >= 4 is 17.3 Å². The molecular weight excluding hydrogens is 322 g/mol. The van der Waals surface area contributed by atoms with Crippen molar-refractivity contribution < 1.29 is 0 Å². The van der Waals surface area contributed by atoms with Gasteiger partial charge < -0.3 is 5.32 Å². The molecule has 0 aliphatic rings. The smallest absolute Gasteiger partial charge is 0.181 e. The minimum Gasteiger partial charge on any atom is -0.373 e. The van der Waals surface area contributed by atoms with Crippen LogP contribution in [-0.4, -0.2) is 20.2 Å². The Morgan fingerprint density at radius 2 is 1.83 bits per heavy atom. The fourth-order valence-corrected chi connectivity index (χ4v) is 2.77. The highest BCUT2D eigenvalue weighted by molar-refractivity contribution is 6.30. The summed E-state index contributed by atoms with van der Waals surface area (Å²) in [6.07, 6.45) is 0.821. The molecule has 0 spiro atoms. The molecule has 0 radical (unpaired) electrons. The van der Waals surface area contributed by atoms with Gasteiger partial charge in [0.25, 0.3) is 0 Å². The lowest BCUT2D eigenvalue weighted by atomic mass is 9.96. The first-order chi connectivity index (χ1) is 11.5. The molecule has 6 heteroatoms. The van der Waals surface area contributed by atoms with Gasteiger partial charge >= 0.3 is 0 Å². The third-order valence-corrected chi connectivity index (χ3v) is 4.53. The molecule has 0 aliphatic heterocycles. The van der Waals surface area contributed by atoms with Crippen molar-refractivity contribution in [3.05, 3.63) is 64.9 Å². The zero-order valence-corrected chi connectivity index (χ0v) is 14.7. The Bertz CT molecular complexity index is 827. The molecule has 0 bridgehead atoms. The van der Waals surface area contributed by atoms with Gasteiger partial charge in [0.05, 0.1) is 11.2 Å². The van der Waals surface area contributed by atoms with E-state index in [9.17, 15) is 0 Å². The summed E-state index contributed by atoms with van der Waals surface area (Å²) in [6, 6.07) is 15.7. The number of anilines is 1. The molecule has 3 rings (SSSR count). The van der Waals surface area contributed by atoms with Crippen molar-refractivity contribution in [1.29, 1.82) is 0 Å². The monoisotopic (exact) mass is 341 g/mol. The number of hydrogen-bond acceptors (Lipinski definition) is 4. The van der Waals surface area contributed by atoms with Gasteiger partial charge in [0.2, 0.25) is 0 Å². The number of benzene rings is 2. The Balaban J connectivity index is 2.01. The fourth-order valence-electron chi connectivity index (χ4n) is 2.65. The molecule has 5 nitrogen and oxygen atoms in total. The summed E-state index contributed by atoms with van der Waals surface area (Å²) in [7, 11) is 0. The second-order valence-electron chi connectivity index (χ2n) is 6.02. The van der Waals surface area contributed by atoms with Gasteiger partial charge in [-0.3, -0.25) is 0 Å². The first kappa shape index (κ1) is 16.5. The summed E-state index contributed by atoms with van der Waals surface area (Å²) in [5.41, 5.74) is 2.66. The minimum atomic E-state index is -0.417. The van der Waals surface area contributed by atoms with E-state index in [1.807, 2.05) is 47.1 Å². The van der Waals surface area contributed by atoms with Crippen LogP contribution in [-0.2, 0) is 5.54 Å². The molecule has 1 heterocycles. The Hall–Kier alpha value is -2.40. The molecule has 24 heavy (non-hydrogen) atoms. The summed E-state index contributed by atoms with van der Waals surface area (Å²) >= 11 is 5.97. The van der Waals surface area contributed by atoms with E-state index < -0.39 is 5.54 Å². The molecule has 3 aromatic rings. The van der Waals surface area contributed by atoms with Gasteiger partial charge in [0, 0.05) is 10.7 Å². The van der Waals surface area contributed by atoms with Crippen molar-refractivity contribution in [3.63, 3.8) is 0 Å². The van der Waals surface area contributed by atoms with Gasteiger partial charge in [0.1, 0.15) is 0 Å². The topological polar surface area (TPSA) is 55.6 Å². The second kappa shape index (κ2) is 6.61. The summed E-state index contributed by atoms with van der Waals surface area (Å²) < 4.78 is 1.81. The van der Waals surface area contributed by atoms with Crippen LogP contribution in [0.5, 0.6) is 0 Å². The third-order valence-electron chi connectivity index (χ3n) is 4.28. The van der Waals surface area contributed by atoms with Crippen LogP contribution in [0.1, 0.15) is 31.7 Å². The lowest BCUT2D eigenvalue weighted by Crippen LogP contribution is -2.34. The molecule has 0 amide bonds. The zero-order valence-electron chi connectivity index (χ0n) is 14.0. The first-order valence-electron chi connectivity index (χ1n) is 7.92. The van der Waals surface area contributed by atoms with E-state index in [-0.39, 0.29) is 0 Å². The van der Waals surface area contributed by atoms with Crippen molar-refractivity contribution in [2.45, 2.75) is 32.7 Å². The van der Waals surface area contributed by atoms with Crippen LogP contribution < -0.4 is 5.32 Å². The van der Waals surface area contributed by atoms with Crippen LogP contribution in [0.25, 0.3) is 5.69 Å². The minimum absolute atomic E-state index is 0.417. The van der Waals surface area contributed by atoms with E-state index in [0.29, 0.717) is 5.02 Å². The predicted octanol–water partition coefficient (Wildman–Crippen LogP) is 4.36. The highest BCUT2D eigenvalue weighted by atomic mass is 35.5. The molecule has 0 saturated carbocycles. The molecule has 1 N–H and O–H groups in total. The van der Waals surface area contributed by atoms with Crippen molar-refractivity contribution in [2.24, 2.45) is 0 Å². The number of para-hydroxylation sites is 1. The molecule has 0 fully saturated rings. The number of nitrogens with zero attached hydrogens (tertiary/aromatic N) is 4. The fraction of sp³-hybridized carbons (Fsp3) is 0.278. The predicted molar refractivity (Wildman–Crippen MR) is 96.6 cm³/mol. The second-order valence-corrected chi connectivity index (χ2v) is 6.45. The highest BCUT2D eigenvalue weighted by Crippen LogP contribution is 2.30. The van der Waals surface area contributed by atoms with Crippen molar-refractivity contribution in [1.82, 2.24) is 20.2 Å². The number of tetrazole rings is 1. The average Bonchev–Trinajstić information content (AvgIpc) is 3.07. The number of hydrogen-bond donors (Lipinski definition) is 1. The van der Waals surface area contributed by atoms with Gasteiger partial charge in [-0.2, -0.15) is 4.68 Å². The third kappa shape index (κ3) is 3.12. The molecule has 0 aliphatic carbocycles. The lowest BCUT2D eigenvalue weighted by molar-refractivity contribution is 0.474. The maximum absolute atomic E-state index is 5.97. The highest BCUT2D eigenvalue weighted by Gasteiger charge is 2.31. The average molecular weight is 342 g/mol. The quantitative estimate of drug-likeness (QED) is 0.749. The van der Waals surface area contributed by atoms with Gasteiger partial charge in [-0.05, 0) is 66.6 Å². The first-order valence-corrected chi connectivity index (χ1v) is 8.30. The van der Waals surface area contributed by atoms with Crippen LogP contribution in [0.4, 0.5) is 5.69 Å². The Morgan fingerprint density at radius 3 is 2.50 bits per heavy atom. The molecule has 1 aromatic heterocycles. The molecule has 124 valence electrons. The summed E-state index contributed by atoms with van der Waals surface area (Å²) in [5, 5.41) is 16.7. The zero-order chi connectivity index (χ0) is 17.2. The normalized spacial score (nSPS) is 13.5. The van der Waals surface area contributed by atoms with E-state index in [2.05, 4.69) is 47.7 Å². The van der Waals surface area contributed by atoms with Crippen LogP contribution in [0.2, 0.25) is 5.02 Å². The maximum Gasteiger partial charge on any atom is 0.181 e. The Kier molecular flexibility index (Phi) is 4.53. The van der Waals surface area contributed by atoms with Gasteiger partial charge in [-0.25, -0.2) is 0 Å². The number of nitrogens with one attached hydrogen (secondary N) is 1. The van der Waals surface area contributed by atoms with Crippen LogP contribution >= 0.6 is 11.6 Å². The van der Waals surface area contributed by atoms with E-state index >= 15 is 0 Å². The van der Waals surface area contributed by atoms with Crippen molar-refractivity contribution in [3.8, 4) is 5.69 Å². The lowest BCUT2D eigenvalue weighted by Gasteiger charge is -2.29. The van der Waals surface area contributed by atoms with Crippen LogP contribution in [0, 0.1) is 6.92 Å².